The monoisotopic (exact) mass is 382 g/mol. The van der Waals surface area contributed by atoms with Crippen molar-refractivity contribution in [2.75, 3.05) is 36.0 Å². The minimum absolute atomic E-state index is 0.0299. The lowest BCUT2D eigenvalue weighted by Gasteiger charge is -2.39. The van der Waals surface area contributed by atoms with Gasteiger partial charge in [-0.25, -0.2) is 10.4 Å². The Morgan fingerprint density at radius 1 is 1.32 bits per heavy atom. The summed E-state index contributed by atoms with van der Waals surface area (Å²) in [7, 11) is 5.55. The van der Waals surface area contributed by atoms with E-state index in [0.29, 0.717) is 30.4 Å². The third-order valence-corrected chi connectivity index (χ3v) is 4.79. The molecule has 3 N–H and O–H groups in total. The maximum atomic E-state index is 12.7. The van der Waals surface area contributed by atoms with E-state index in [0.717, 1.165) is 5.56 Å². The van der Waals surface area contributed by atoms with E-state index in [1.165, 1.54) is 0 Å². The van der Waals surface area contributed by atoms with Crippen LogP contribution >= 0.6 is 0 Å². The molecular formula is C20H28N7O+. The second kappa shape index (κ2) is 8.81. The summed E-state index contributed by atoms with van der Waals surface area (Å²) in [5.74, 6) is 1.31. The third-order valence-electron chi connectivity index (χ3n) is 4.79. The number of hydrazine groups is 1. The molecule has 0 radical (unpaired) electrons. The van der Waals surface area contributed by atoms with Crippen LogP contribution in [0.5, 0.6) is 0 Å². The predicted octanol–water partition coefficient (Wildman–Crippen LogP) is 0.843. The van der Waals surface area contributed by atoms with E-state index in [9.17, 15) is 4.79 Å². The van der Waals surface area contributed by atoms with Crippen molar-refractivity contribution in [3.63, 3.8) is 0 Å². The number of amides is 1. The molecule has 0 saturated heterocycles. The fourth-order valence-electron chi connectivity index (χ4n) is 3.29. The molecule has 0 bridgehead atoms. The van der Waals surface area contributed by atoms with Gasteiger partial charge in [-0.2, -0.15) is 4.98 Å². The number of nitrogens with zero attached hydrogens (tertiary/aromatic N) is 5. The second-order valence-corrected chi connectivity index (χ2v) is 6.58. The molecule has 8 nitrogen and oxygen atoms in total. The normalized spacial score (nSPS) is 16.6. The first-order valence-electron chi connectivity index (χ1n) is 9.48. The van der Waals surface area contributed by atoms with Gasteiger partial charge in [0.25, 0.3) is 5.91 Å². The molecular weight excluding hydrogens is 354 g/mol. The lowest BCUT2D eigenvalue weighted by molar-refractivity contribution is -0.556. The van der Waals surface area contributed by atoms with Crippen LogP contribution in [0.15, 0.2) is 48.9 Å². The van der Waals surface area contributed by atoms with E-state index in [2.05, 4.69) is 22.5 Å². The van der Waals surface area contributed by atoms with Crippen LogP contribution < -0.4 is 25.6 Å². The van der Waals surface area contributed by atoms with Crippen molar-refractivity contribution < 1.29 is 10.1 Å². The average Bonchev–Trinajstić information content (AvgIpc) is 2.73. The van der Waals surface area contributed by atoms with E-state index in [-0.39, 0.29) is 11.9 Å². The summed E-state index contributed by atoms with van der Waals surface area (Å²) in [6.07, 6.45) is 6.33. The number of carbonyl (C=O) groups excluding carboxylic acids is 1. The highest BCUT2D eigenvalue weighted by Gasteiger charge is 2.37. The predicted molar refractivity (Wildman–Crippen MR) is 111 cm³/mol. The number of hydrogen-bond acceptors (Lipinski definition) is 6. The molecule has 0 fully saturated rings. The molecule has 1 unspecified atom stereocenters. The average molecular weight is 382 g/mol. The Labute approximate surface area is 165 Å². The largest absolute Gasteiger partial charge is 0.321 e. The third kappa shape index (κ3) is 3.83. The molecule has 0 spiro atoms. The van der Waals surface area contributed by atoms with Crippen molar-refractivity contribution in [2.45, 2.75) is 25.9 Å². The molecule has 3 rings (SSSR count). The van der Waals surface area contributed by atoms with Gasteiger partial charge in [0, 0.05) is 14.1 Å². The number of aromatic nitrogens is 2. The van der Waals surface area contributed by atoms with Gasteiger partial charge in [-0.05, 0) is 12.0 Å². The van der Waals surface area contributed by atoms with Gasteiger partial charge >= 0.3 is 0 Å². The Kier molecular flexibility index (Phi) is 6.23. The lowest BCUT2D eigenvalue weighted by atomic mass is 10.1. The Morgan fingerprint density at radius 3 is 2.71 bits per heavy atom. The van der Waals surface area contributed by atoms with Crippen LogP contribution in [0.25, 0.3) is 0 Å². The standard InChI is InChI=1S/C20H27N7O/c1-5-16-19(28)25(4)17-13-23-20(24-18(17)27(16)22-3)26(12-11-21-2)14-15-9-7-6-8-10-15/h6-13,16,21-22H,5,14H2,1-4H3/p+1/b12-11-. The van der Waals surface area contributed by atoms with Crippen molar-refractivity contribution in [1.29, 1.82) is 0 Å². The van der Waals surface area contributed by atoms with Gasteiger partial charge in [-0.15, -0.1) is 0 Å². The van der Waals surface area contributed by atoms with Crippen LogP contribution in [0, 0.1) is 0 Å². The van der Waals surface area contributed by atoms with Gasteiger partial charge in [-0.1, -0.05) is 37.3 Å². The molecule has 1 amide bonds. The number of hydrogen-bond donors (Lipinski definition) is 2. The fraction of sp³-hybridized carbons (Fsp3) is 0.350. The Bertz CT molecular complexity index is 840. The smallest absolute Gasteiger partial charge is 0.251 e. The molecule has 1 aliphatic rings. The van der Waals surface area contributed by atoms with E-state index >= 15 is 0 Å². The number of anilines is 3. The van der Waals surface area contributed by atoms with E-state index in [1.807, 2.05) is 59.8 Å². The Balaban J connectivity index is 2.01. The van der Waals surface area contributed by atoms with Crippen molar-refractivity contribution in [3.05, 3.63) is 54.5 Å². The zero-order valence-electron chi connectivity index (χ0n) is 16.8. The topological polar surface area (TPSA) is 81.2 Å². The van der Waals surface area contributed by atoms with Gasteiger partial charge in [0.1, 0.15) is 17.9 Å². The maximum Gasteiger partial charge on any atom is 0.251 e. The van der Waals surface area contributed by atoms with Crippen LogP contribution in [-0.4, -0.2) is 43.1 Å². The van der Waals surface area contributed by atoms with Gasteiger partial charge in [-0.3, -0.25) is 9.80 Å². The van der Waals surface area contributed by atoms with Gasteiger partial charge in [0.2, 0.25) is 5.95 Å². The van der Waals surface area contributed by atoms with E-state index in [4.69, 9.17) is 4.98 Å². The number of likely N-dealkylation sites (N-methyl/N-ethyl adjacent to an activating group) is 1. The highest BCUT2D eigenvalue weighted by Crippen LogP contribution is 2.34. The molecule has 28 heavy (non-hydrogen) atoms. The summed E-state index contributed by atoms with van der Waals surface area (Å²) in [4.78, 5) is 25.7. The molecule has 2 heterocycles. The molecule has 2 aromatic rings. The summed E-state index contributed by atoms with van der Waals surface area (Å²) in [5, 5.41) is 3.80. The van der Waals surface area contributed by atoms with Crippen molar-refractivity contribution >= 4 is 23.4 Å². The molecule has 1 atom stereocenters. The van der Waals surface area contributed by atoms with Crippen LogP contribution in [0.1, 0.15) is 18.9 Å². The Morgan fingerprint density at radius 2 is 2.07 bits per heavy atom. The van der Waals surface area contributed by atoms with Crippen molar-refractivity contribution in [3.8, 4) is 0 Å². The number of carbonyl (C=O) groups is 1. The molecule has 0 aliphatic carbocycles. The van der Waals surface area contributed by atoms with Crippen LogP contribution in [0.4, 0.5) is 17.5 Å². The van der Waals surface area contributed by atoms with E-state index < -0.39 is 0 Å². The summed E-state index contributed by atoms with van der Waals surface area (Å²) in [6, 6.07) is 9.90. The quantitative estimate of drug-likeness (QED) is 0.739. The van der Waals surface area contributed by atoms with Gasteiger partial charge in [0.15, 0.2) is 5.82 Å². The van der Waals surface area contributed by atoms with Gasteiger partial charge in [0.05, 0.1) is 26.0 Å². The number of nitrogens with two attached hydrogens (primary N) is 1. The lowest BCUT2D eigenvalue weighted by Crippen LogP contribution is -2.72. The SMILES string of the molecule is CCC1C(=O)N(C)c2cnc(N(/C=C\[NH2+]C)Cc3ccccc3)nc2N1NC. The van der Waals surface area contributed by atoms with Crippen LogP contribution in [0.3, 0.4) is 0 Å². The summed E-state index contributed by atoms with van der Waals surface area (Å²) >= 11 is 0. The number of quaternary nitrogens is 1. The Hall–Kier alpha value is -2.97. The van der Waals surface area contributed by atoms with Crippen molar-refractivity contribution in [2.24, 2.45) is 0 Å². The highest BCUT2D eigenvalue weighted by molar-refractivity contribution is 6.04. The zero-order valence-corrected chi connectivity index (χ0v) is 16.8. The highest BCUT2D eigenvalue weighted by atomic mass is 16.2. The first-order chi connectivity index (χ1) is 13.6. The fourth-order valence-corrected chi connectivity index (χ4v) is 3.29. The summed E-state index contributed by atoms with van der Waals surface area (Å²) < 4.78 is 0. The maximum absolute atomic E-state index is 12.7. The van der Waals surface area contributed by atoms with Gasteiger partial charge < -0.3 is 15.1 Å². The molecule has 1 aromatic carbocycles. The van der Waals surface area contributed by atoms with E-state index in [1.54, 1.807) is 25.2 Å². The molecule has 1 aliphatic heterocycles. The number of fused-ring (bicyclic) bond motifs is 1. The zero-order chi connectivity index (χ0) is 20.1. The van der Waals surface area contributed by atoms with Crippen LogP contribution in [0.2, 0.25) is 0 Å². The molecule has 8 heteroatoms. The molecule has 148 valence electrons. The minimum atomic E-state index is -0.299. The minimum Gasteiger partial charge on any atom is -0.321 e. The summed E-state index contributed by atoms with van der Waals surface area (Å²) in [6.45, 7) is 2.64. The number of rotatable bonds is 7. The first-order valence-corrected chi connectivity index (χ1v) is 9.48. The number of nitrogens with one attached hydrogen (secondary N) is 1. The van der Waals surface area contributed by atoms with Crippen molar-refractivity contribution in [1.82, 2.24) is 15.4 Å². The van der Waals surface area contributed by atoms with Crippen LogP contribution in [-0.2, 0) is 11.3 Å². The first kappa shape index (κ1) is 19.8. The number of benzene rings is 1. The molecule has 1 aromatic heterocycles. The summed E-state index contributed by atoms with van der Waals surface area (Å²) in [5.41, 5.74) is 4.98. The molecule has 0 saturated carbocycles. The second-order valence-electron chi connectivity index (χ2n) is 6.58.